The highest BCUT2D eigenvalue weighted by Crippen LogP contribution is 2.40. The molecule has 3 heterocycles. The monoisotopic (exact) mass is 862 g/mol. The number of amides is 2. The molecule has 3 N–H and O–H groups in total. The van der Waals surface area contributed by atoms with Gasteiger partial charge >= 0.3 is 5.97 Å². The molecule has 5 aromatic carbocycles. The number of nitriles is 1. The molecule has 12 nitrogen and oxygen atoms in total. The fourth-order valence-electron chi connectivity index (χ4n) is 7.28. The first-order chi connectivity index (χ1) is 30.1. The number of halogens is 2. The van der Waals surface area contributed by atoms with Crippen molar-refractivity contribution in [2.24, 2.45) is 0 Å². The van der Waals surface area contributed by atoms with E-state index in [1.807, 2.05) is 59.5 Å². The van der Waals surface area contributed by atoms with Crippen LogP contribution in [0.15, 0.2) is 122 Å². The number of ether oxygens (including phenoxy) is 2. The van der Waals surface area contributed by atoms with Crippen molar-refractivity contribution >= 4 is 46.7 Å². The van der Waals surface area contributed by atoms with Gasteiger partial charge in [0.05, 0.1) is 40.0 Å². The zero-order chi connectivity index (χ0) is 43.2. The van der Waals surface area contributed by atoms with Crippen molar-refractivity contribution in [3.63, 3.8) is 0 Å². The van der Waals surface area contributed by atoms with Gasteiger partial charge in [-0.1, -0.05) is 83.7 Å². The number of fused-ring (bicyclic) bond motifs is 2. The number of nitrogens with zero attached hydrogens (tertiary/aromatic N) is 4. The molecule has 62 heavy (non-hydrogen) atoms. The minimum atomic E-state index is -1.22. The molecule has 2 aliphatic rings. The highest BCUT2D eigenvalue weighted by Gasteiger charge is 2.36. The van der Waals surface area contributed by atoms with Gasteiger partial charge in [0.1, 0.15) is 24.1 Å². The number of carbonyl (C=O) groups excluding carboxylic acids is 2. The van der Waals surface area contributed by atoms with Gasteiger partial charge in [-0.15, -0.1) is 0 Å². The molecule has 0 aliphatic carbocycles. The lowest BCUT2D eigenvalue weighted by atomic mass is 9.91. The van der Waals surface area contributed by atoms with E-state index in [1.165, 1.54) is 0 Å². The molecule has 2 amide bonds. The minimum absolute atomic E-state index is 0.0513. The number of aromatic nitrogens is 2. The summed E-state index contributed by atoms with van der Waals surface area (Å²) >= 11 is 12.2. The van der Waals surface area contributed by atoms with E-state index in [9.17, 15) is 19.5 Å². The number of rotatable bonds is 11. The quantitative estimate of drug-likeness (QED) is 0.111. The zero-order valence-corrected chi connectivity index (χ0v) is 34.4. The van der Waals surface area contributed by atoms with Crippen LogP contribution in [0.2, 0.25) is 10.0 Å². The number of hydrogen-bond acceptors (Lipinski definition) is 9. The Balaban J connectivity index is 0.980. The van der Waals surface area contributed by atoms with Crippen LogP contribution >= 0.6 is 23.2 Å². The van der Waals surface area contributed by atoms with Gasteiger partial charge in [-0.25, -0.2) is 14.8 Å². The average molecular weight is 864 g/mol. The molecule has 0 radical (unpaired) electrons. The standard InChI is InChI=1S/C48H36Cl2N6O6/c49-38-17-8-31(21-39(38)50)28-61-37-15-13-34(14-16-37)45-47(58)54-40-23-35-24-42(56(27-36(35)25-43(40)62-45)20-1-3-44-52-18-2-19-53-44)46(57)55-41(48(59)60)22-29-4-9-32(10-5-29)33-11-6-30(26-51)7-12-33/h2,4-19,21,23,25,41-42,45H,20,22,24,27-28H2,(H,54,58)(H,55,57)(H,59,60). The summed E-state index contributed by atoms with van der Waals surface area (Å²) in [6, 6.07) is 32.4. The number of benzene rings is 5. The first kappa shape index (κ1) is 41.5. The second kappa shape index (κ2) is 18.6. The Hall–Kier alpha value is -7.22. The number of hydrogen-bond donors (Lipinski definition) is 3. The van der Waals surface area contributed by atoms with Gasteiger partial charge in [0, 0.05) is 30.9 Å². The number of carboxylic acids is 1. The topological polar surface area (TPSA) is 167 Å². The largest absolute Gasteiger partial charge is 0.489 e. The van der Waals surface area contributed by atoms with E-state index >= 15 is 0 Å². The number of aliphatic carboxylic acids is 1. The summed E-state index contributed by atoms with van der Waals surface area (Å²) in [5.74, 6) is 5.41. The van der Waals surface area contributed by atoms with Gasteiger partial charge in [-0.3, -0.25) is 14.5 Å². The molecule has 3 unspecified atom stereocenters. The van der Waals surface area contributed by atoms with Crippen molar-refractivity contribution in [2.75, 3.05) is 11.9 Å². The highest BCUT2D eigenvalue weighted by molar-refractivity contribution is 6.42. The third-order valence-corrected chi connectivity index (χ3v) is 11.3. The van der Waals surface area contributed by atoms with Crippen LogP contribution in [0.4, 0.5) is 5.69 Å². The average Bonchev–Trinajstić information content (AvgIpc) is 3.29. The smallest absolute Gasteiger partial charge is 0.326 e. The molecule has 1 aromatic heterocycles. The highest BCUT2D eigenvalue weighted by atomic mass is 35.5. The van der Waals surface area contributed by atoms with Gasteiger partial charge in [0.25, 0.3) is 5.91 Å². The van der Waals surface area contributed by atoms with Crippen molar-refractivity contribution in [1.82, 2.24) is 20.2 Å². The third kappa shape index (κ3) is 9.70. The van der Waals surface area contributed by atoms with Crippen LogP contribution in [0, 0.1) is 23.2 Å². The van der Waals surface area contributed by atoms with Gasteiger partial charge in [0.2, 0.25) is 17.8 Å². The summed E-state index contributed by atoms with van der Waals surface area (Å²) in [6.45, 7) is 0.714. The van der Waals surface area contributed by atoms with E-state index in [1.54, 1.807) is 67.0 Å². The van der Waals surface area contributed by atoms with Gasteiger partial charge in [-0.05, 0) is 100 Å². The molecule has 14 heteroatoms. The first-order valence-corrected chi connectivity index (χ1v) is 20.3. The molecule has 0 saturated carbocycles. The Kier molecular flexibility index (Phi) is 12.4. The van der Waals surface area contributed by atoms with Crippen LogP contribution in [0.1, 0.15) is 45.3 Å². The molecule has 0 spiro atoms. The predicted octanol–water partition coefficient (Wildman–Crippen LogP) is 7.56. The van der Waals surface area contributed by atoms with Crippen LogP contribution in [-0.2, 0) is 40.4 Å². The maximum absolute atomic E-state index is 14.1. The van der Waals surface area contributed by atoms with E-state index in [2.05, 4.69) is 38.5 Å². The van der Waals surface area contributed by atoms with E-state index in [4.69, 9.17) is 37.9 Å². The molecule has 0 bridgehead atoms. The predicted molar refractivity (Wildman–Crippen MR) is 232 cm³/mol. The lowest BCUT2D eigenvalue weighted by molar-refractivity contribution is -0.142. The van der Waals surface area contributed by atoms with Gasteiger partial charge < -0.3 is 25.2 Å². The number of carbonyl (C=O) groups is 3. The lowest BCUT2D eigenvalue weighted by Crippen LogP contribution is -2.54. The Bertz CT molecular complexity index is 2750. The molecule has 3 atom stereocenters. The van der Waals surface area contributed by atoms with Crippen molar-refractivity contribution in [3.05, 3.63) is 171 Å². The Labute approximate surface area is 367 Å². The van der Waals surface area contributed by atoms with Gasteiger partial charge in [0.15, 0.2) is 0 Å². The lowest BCUT2D eigenvalue weighted by Gasteiger charge is -2.36. The molecule has 8 rings (SSSR count). The third-order valence-electron chi connectivity index (χ3n) is 10.5. The Morgan fingerprint density at radius 2 is 1.63 bits per heavy atom. The van der Waals surface area contributed by atoms with Crippen LogP contribution in [0.3, 0.4) is 0 Å². The summed E-state index contributed by atoms with van der Waals surface area (Å²) < 4.78 is 12.2. The fraction of sp³-hybridized carbons (Fsp3) is 0.167. The van der Waals surface area contributed by atoms with Crippen LogP contribution in [-0.4, -0.2) is 56.4 Å². The normalized spacial score (nSPS) is 15.9. The zero-order valence-electron chi connectivity index (χ0n) is 32.8. The molecule has 0 saturated heterocycles. The van der Waals surface area contributed by atoms with E-state index < -0.39 is 30.1 Å². The summed E-state index contributed by atoms with van der Waals surface area (Å²) in [4.78, 5) is 50.3. The molecular formula is C48H36Cl2N6O6. The first-order valence-electron chi connectivity index (χ1n) is 19.5. The van der Waals surface area contributed by atoms with Crippen molar-refractivity contribution in [3.8, 4) is 40.5 Å². The maximum Gasteiger partial charge on any atom is 0.326 e. The minimum Gasteiger partial charge on any atom is -0.489 e. The molecule has 6 aromatic rings. The van der Waals surface area contributed by atoms with Crippen LogP contribution in [0.5, 0.6) is 11.5 Å². The number of anilines is 1. The Morgan fingerprint density at radius 3 is 2.32 bits per heavy atom. The van der Waals surface area contributed by atoms with Crippen LogP contribution < -0.4 is 20.1 Å². The van der Waals surface area contributed by atoms with E-state index in [0.29, 0.717) is 44.2 Å². The van der Waals surface area contributed by atoms with Gasteiger partial charge in [-0.2, -0.15) is 5.26 Å². The second-order valence-electron chi connectivity index (χ2n) is 14.7. The van der Waals surface area contributed by atoms with Crippen molar-refractivity contribution in [1.29, 1.82) is 5.26 Å². The molecule has 308 valence electrons. The summed E-state index contributed by atoms with van der Waals surface area (Å²) in [6.07, 6.45) is 2.52. The summed E-state index contributed by atoms with van der Waals surface area (Å²) in [7, 11) is 0. The summed E-state index contributed by atoms with van der Waals surface area (Å²) in [5, 5.41) is 26.0. The van der Waals surface area contributed by atoms with Crippen molar-refractivity contribution < 1.29 is 29.0 Å². The molecule has 2 aliphatic heterocycles. The van der Waals surface area contributed by atoms with Crippen molar-refractivity contribution in [2.45, 2.75) is 44.2 Å². The number of nitrogens with one attached hydrogen (secondary N) is 2. The van der Waals surface area contributed by atoms with Crippen LogP contribution in [0.25, 0.3) is 11.1 Å². The molecular weight excluding hydrogens is 827 g/mol. The van der Waals surface area contributed by atoms with E-state index in [-0.39, 0.29) is 38.4 Å². The number of carboxylic acid groups (broad SMARTS) is 1. The van der Waals surface area contributed by atoms with E-state index in [0.717, 1.165) is 33.4 Å². The maximum atomic E-state index is 14.1. The fourth-order valence-corrected chi connectivity index (χ4v) is 7.60. The SMILES string of the molecule is N#Cc1ccc(-c2ccc(CC(NC(=O)C3Cc4cc5c(cc4CN3CC#Cc3ncccn3)OC(c3ccc(OCc4ccc(Cl)c(Cl)c4)cc3)C(=O)N5)C(=O)O)cc2)cc1. The second-order valence-corrected chi connectivity index (χ2v) is 15.5. The summed E-state index contributed by atoms with van der Waals surface area (Å²) in [5.41, 5.74) is 6.71. The Morgan fingerprint density at radius 1 is 0.919 bits per heavy atom. The molecule has 0 fully saturated rings.